The van der Waals surface area contributed by atoms with Crippen molar-refractivity contribution in [1.29, 1.82) is 0 Å². The first kappa shape index (κ1) is 40.7. The Morgan fingerprint density at radius 1 is 1.02 bits per heavy atom. The number of pyridine rings is 1. The molecule has 2 aromatic heterocycles. The zero-order valence-corrected chi connectivity index (χ0v) is 34.4. The number of ether oxygens (including phenoxy) is 2. The highest BCUT2D eigenvalue weighted by molar-refractivity contribution is 7.90. The fourth-order valence-electron chi connectivity index (χ4n) is 8.10. The number of fused-ring (bicyclic) bond motifs is 1. The number of anilines is 2. The van der Waals surface area contributed by atoms with Gasteiger partial charge in [0.15, 0.2) is 0 Å². The molecule has 2 fully saturated rings. The van der Waals surface area contributed by atoms with Gasteiger partial charge in [0.2, 0.25) is 0 Å². The van der Waals surface area contributed by atoms with Gasteiger partial charge < -0.3 is 24.7 Å². The summed E-state index contributed by atoms with van der Waals surface area (Å²) in [5.41, 5.74) is 5.67. The molecule has 0 radical (unpaired) electrons. The molecule has 0 unspecified atom stereocenters. The van der Waals surface area contributed by atoms with Gasteiger partial charge in [-0.3, -0.25) is 9.69 Å². The van der Waals surface area contributed by atoms with E-state index in [4.69, 9.17) is 21.1 Å². The molecule has 2 aliphatic heterocycles. The second-order valence-electron chi connectivity index (χ2n) is 15.6. The van der Waals surface area contributed by atoms with Crippen molar-refractivity contribution in [1.82, 2.24) is 19.6 Å². The van der Waals surface area contributed by atoms with Crippen LogP contribution in [0.4, 0.5) is 20.2 Å². The van der Waals surface area contributed by atoms with Crippen LogP contribution in [-0.4, -0.2) is 87.6 Å². The van der Waals surface area contributed by atoms with Crippen LogP contribution in [0.25, 0.3) is 16.6 Å². The third-order valence-electron chi connectivity index (χ3n) is 11.5. The van der Waals surface area contributed by atoms with Crippen molar-refractivity contribution in [2.45, 2.75) is 49.8 Å². The fraction of sp³-hybridized carbons (Fsp3) is 0.364. The number of nitrogens with one attached hydrogen (secondary N) is 3. The lowest BCUT2D eigenvalue weighted by molar-refractivity contribution is -0.0109. The number of halogens is 3. The molecule has 0 spiro atoms. The molecule has 11 nitrogen and oxygen atoms in total. The maximum atomic E-state index is 14.7. The molecule has 2 saturated heterocycles. The predicted molar refractivity (Wildman–Crippen MR) is 226 cm³/mol. The Morgan fingerprint density at radius 3 is 2.56 bits per heavy atom. The smallest absolute Gasteiger partial charge is 0.268 e. The molecule has 8 rings (SSSR count). The molecule has 15 heteroatoms. The molecule has 0 atom stereocenters. The van der Waals surface area contributed by atoms with E-state index in [9.17, 15) is 22.0 Å². The minimum absolute atomic E-state index is 0.0245. The number of aromatic amines is 1. The largest absolute Gasteiger partial charge is 0.455 e. The number of piperazine rings is 1. The number of allylic oxidation sites excluding steroid dienone is 1. The van der Waals surface area contributed by atoms with E-state index in [2.05, 4.69) is 29.8 Å². The Labute approximate surface area is 347 Å². The average molecular weight is 845 g/mol. The predicted octanol–water partition coefficient (Wildman–Crippen LogP) is 8.67. The first-order chi connectivity index (χ1) is 28.4. The highest BCUT2D eigenvalue weighted by Gasteiger charge is 2.36. The summed E-state index contributed by atoms with van der Waals surface area (Å²) in [6, 6.07) is 20.8. The van der Waals surface area contributed by atoms with Crippen LogP contribution in [0.5, 0.6) is 11.5 Å². The number of sulfonamides is 1. The summed E-state index contributed by atoms with van der Waals surface area (Å²) in [4.78, 5) is 25.6. The number of aromatic nitrogens is 2. The number of carbonyl (C=O) groups excluding carboxylic acids is 1. The topological polar surface area (TPSA) is 129 Å². The van der Waals surface area contributed by atoms with Gasteiger partial charge in [-0.25, -0.2) is 26.9 Å². The van der Waals surface area contributed by atoms with Crippen LogP contribution in [0.1, 0.15) is 53.6 Å². The van der Waals surface area contributed by atoms with Crippen LogP contribution < -0.4 is 19.7 Å². The van der Waals surface area contributed by atoms with Gasteiger partial charge in [-0.1, -0.05) is 23.7 Å². The van der Waals surface area contributed by atoms with Gasteiger partial charge in [-0.15, -0.1) is 0 Å². The molecule has 3 aliphatic rings. The Morgan fingerprint density at radius 2 is 1.80 bits per heavy atom. The van der Waals surface area contributed by atoms with E-state index in [1.807, 2.05) is 25.1 Å². The first-order valence-electron chi connectivity index (χ1n) is 20.0. The first-order valence-corrected chi connectivity index (χ1v) is 21.8. The van der Waals surface area contributed by atoms with Crippen molar-refractivity contribution in [2.24, 2.45) is 5.92 Å². The highest BCUT2D eigenvalue weighted by atomic mass is 35.5. The third kappa shape index (κ3) is 9.73. The Balaban J connectivity index is 0.988. The number of H-pyrrole nitrogens is 1. The number of alkyl halides is 2. The number of benzene rings is 3. The zero-order valence-electron chi connectivity index (χ0n) is 32.8. The third-order valence-corrected chi connectivity index (χ3v) is 13.0. The SMILES string of the molecule is Cc1cc(S(=O)(=O)NC(=O)c2ccc(N3CCN(CC4=C(c5ccc(Cl)cc5)CCC(F)(F)C4)CC3)cc2Oc2cnc3[nH]ccc3c2)ccc1NCC1CCOCC1. The summed E-state index contributed by atoms with van der Waals surface area (Å²) in [5, 5.41) is 4.83. The summed E-state index contributed by atoms with van der Waals surface area (Å²) in [6.45, 7) is 6.95. The molecule has 5 aromatic rings. The number of rotatable bonds is 12. The van der Waals surface area contributed by atoms with Gasteiger partial charge in [-0.2, -0.15) is 0 Å². The molecule has 3 aromatic carbocycles. The van der Waals surface area contributed by atoms with E-state index in [-0.39, 0.29) is 29.1 Å². The minimum atomic E-state index is -4.26. The molecule has 310 valence electrons. The van der Waals surface area contributed by atoms with E-state index in [0.717, 1.165) is 71.6 Å². The van der Waals surface area contributed by atoms with E-state index in [1.54, 1.807) is 54.7 Å². The number of hydrogen-bond acceptors (Lipinski definition) is 9. The molecule has 4 heterocycles. The van der Waals surface area contributed by atoms with E-state index in [0.29, 0.717) is 61.5 Å². The molecule has 1 aliphatic carbocycles. The van der Waals surface area contributed by atoms with Crippen LogP contribution in [0.2, 0.25) is 5.02 Å². The normalized spacial score (nSPS) is 17.9. The van der Waals surface area contributed by atoms with Crippen LogP contribution in [-0.2, 0) is 14.8 Å². The minimum Gasteiger partial charge on any atom is -0.455 e. The van der Waals surface area contributed by atoms with Crippen LogP contribution >= 0.6 is 11.6 Å². The number of aryl methyl sites for hydroxylation is 1. The lowest BCUT2D eigenvalue weighted by atomic mass is 9.85. The van der Waals surface area contributed by atoms with Crippen molar-refractivity contribution in [2.75, 3.05) is 62.7 Å². The van der Waals surface area contributed by atoms with E-state index >= 15 is 0 Å². The molecule has 0 bridgehead atoms. The van der Waals surface area contributed by atoms with Crippen molar-refractivity contribution >= 4 is 55.5 Å². The van der Waals surface area contributed by atoms with Crippen LogP contribution in [0.15, 0.2) is 95.7 Å². The number of amides is 1. The lowest BCUT2D eigenvalue weighted by Gasteiger charge is -2.38. The average Bonchev–Trinajstić information content (AvgIpc) is 3.69. The van der Waals surface area contributed by atoms with E-state index < -0.39 is 21.9 Å². The van der Waals surface area contributed by atoms with Gasteiger partial charge in [0.25, 0.3) is 21.9 Å². The molecule has 59 heavy (non-hydrogen) atoms. The van der Waals surface area contributed by atoms with Crippen LogP contribution in [0, 0.1) is 12.8 Å². The highest BCUT2D eigenvalue weighted by Crippen LogP contribution is 2.41. The summed E-state index contributed by atoms with van der Waals surface area (Å²) < 4.78 is 70.7. The fourth-order valence-corrected chi connectivity index (χ4v) is 9.28. The standard InChI is InChI=1S/C44H47ClF2N6O5S/c1-29-22-37(7-9-40(29)49-26-30-12-20-57-21-13-30)59(55,56)51-43(54)39-8-6-35(24-41(39)58-36-23-32-11-15-48-42(32)50-27-36)53-18-16-52(17-19-53)28-33-25-44(46,47)14-10-38(33)31-2-4-34(45)5-3-31/h2-9,11,15,22-24,27,30,49H,10,12-14,16-21,25-26,28H2,1H3,(H,48,50)(H,51,54). The van der Waals surface area contributed by atoms with Gasteiger partial charge in [-0.05, 0) is 109 Å². The summed E-state index contributed by atoms with van der Waals surface area (Å²) in [7, 11) is -4.26. The van der Waals surface area contributed by atoms with Gasteiger partial charge >= 0.3 is 0 Å². The van der Waals surface area contributed by atoms with Gasteiger partial charge in [0.1, 0.15) is 17.1 Å². The second-order valence-corrected chi connectivity index (χ2v) is 17.7. The lowest BCUT2D eigenvalue weighted by Crippen LogP contribution is -2.47. The number of carbonyl (C=O) groups is 1. The van der Waals surface area contributed by atoms with Crippen molar-refractivity contribution < 1.29 is 31.5 Å². The quantitative estimate of drug-likeness (QED) is 0.113. The molecular formula is C44H47ClF2N6O5S. The van der Waals surface area contributed by atoms with Crippen molar-refractivity contribution in [3.05, 3.63) is 112 Å². The summed E-state index contributed by atoms with van der Waals surface area (Å²) >= 11 is 6.12. The van der Waals surface area contributed by atoms with Crippen molar-refractivity contribution in [3.63, 3.8) is 0 Å². The Kier molecular flexibility index (Phi) is 11.9. The number of nitrogens with zero attached hydrogens (tertiary/aromatic N) is 3. The summed E-state index contributed by atoms with van der Waals surface area (Å²) in [6.07, 6.45) is 5.10. The van der Waals surface area contributed by atoms with Crippen molar-refractivity contribution in [3.8, 4) is 11.5 Å². The maximum Gasteiger partial charge on any atom is 0.268 e. The molecule has 3 N–H and O–H groups in total. The summed E-state index contributed by atoms with van der Waals surface area (Å²) in [5.74, 6) is -2.59. The Hall–Kier alpha value is -5.02. The van der Waals surface area contributed by atoms with E-state index in [1.165, 1.54) is 12.3 Å². The molecule has 1 amide bonds. The molecule has 0 saturated carbocycles. The van der Waals surface area contributed by atoms with Crippen LogP contribution in [0.3, 0.4) is 0 Å². The number of hydrogen-bond donors (Lipinski definition) is 3. The maximum absolute atomic E-state index is 14.7. The van der Waals surface area contributed by atoms with Gasteiger partial charge in [0.05, 0.1) is 16.7 Å². The molecular weight excluding hydrogens is 798 g/mol. The monoisotopic (exact) mass is 844 g/mol. The Bertz CT molecular complexity index is 2460. The van der Waals surface area contributed by atoms with Gasteiger partial charge in [0, 0.05) is 99.4 Å². The zero-order chi connectivity index (χ0) is 41.1. The second kappa shape index (κ2) is 17.3.